The molecule has 3 aromatic rings. The number of nitrogens with two attached hydrogens (primary N) is 1. The molecule has 4 rings (SSSR count). The molecule has 3 N–H and O–H groups in total. The first-order valence-corrected chi connectivity index (χ1v) is 9.60. The van der Waals surface area contributed by atoms with Gasteiger partial charge in [-0.1, -0.05) is 42.5 Å². The predicted molar refractivity (Wildman–Crippen MR) is 110 cm³/mol. The zero-order valence-corrected chi connectivity index (χ0v) is 15.8. The van der Waals surface area contributed by atoms with E-state index in [1.807, 2.05) is 66.7 Å². The summed E-state index contributed by atoms with van der Waals surface area (Å²) in [6.07, 6.45) is 2.35. The largest absolute Gasteiger partial charge is 0.489 e. The second-order valence-corrected chi connectivity index (χ2v) is 7.48. The summed E-state index contributed by atoms with van der Waals surface area (Å²) in [6.45, 7) is 0.515. The maximum Gasteiger partial charge on any atom is 0.131 e. The molecule has 0 aromatic heterocycles. The van der Waals surface area contributed by atoms with Crippen LogP contribution in [0.1, 0.15) is 23.1 Å². The molecule has 0 heterocycles. The molecule has 0 radical (unpaired) electrons. The van der Waals surface area contributed by atoms with Gasteiger partial charge in [0.05, 0.1) is 6.61 Å². The molecule has 1 atom stereocenters. The number of aryl methyl sites for hydroxylation is 1. The number of hydrogen-bond donors (Lipinski definition) is 2. The SMILES string of the molecule is NC1(CO)CCc2ccc(Oc3cccc(OCc4ccccc4)c3)cc2C1. The van der Waals surface area contributed by atoms with Crippen LogP contribution in [0.5, 0.6) is 17.2 Å². The van der Waals surface area contributed by atoms with Crippen molar-refractivity contribution in [3.8, 4) is 17.2 Å². The van der Waals surface area contributed by atoms with E-state index in [1.165, 1.54) is 5.56 Å². The summed E-state index contributed by atoms with van der Waals surface area (Å²) in [6, 6.07) is 23.8. The summed E-state index contributed by atoms with van der Waals surface area (Å²) in [7, 11) is 0. The minimum absolute atomic E-state index is 0.00166. The van der Waals surface area contributed by atoms with Crippen LogP contribution in [-0.4, -0.2) is 17.3 Å². The first-order chi connectivity index (χ1) is 13.6. The number of benzene rings is 3. The highest BCUT2D eigenvalue weighted by atomic mass is 16.5. The van der Waals surface area contributed by atoms with Crippen molar-refractivity contribution in [2.75, 3.05) is 6.61 Å². The van der Waals surface area contributed by atoms with Crippen LogP contribution in [0, 0.1) is 0 Å². The van der Waals surface area contributed by atoms with Gasteiger partial charge in [-0.15, -0.1) is 0 Å². The highest BCUT2D eigenvalue weighted by Crippen LogP contribution is 2.32. The lowest BCUT2D eigenvalue weighted by Crippen LogP contribution is -2.48. The van der Waals surface area contributed by atoms with Crippen molar-refractivity contribution in [2.45, 2.75) is 31.4 Å². The molecule has 0 saturated carbocycles. The zero-order valence-electron chi connectivity index (χ0n) is 15.8. The molecule has 3 aromatic carbocycles. The van der Waals surface area contributed by atoms with Crippen LogP contribution in [0.2, 0.25) is 0 Å². The monoisotopic (exact) mass is 375 g/mol. The van der Waals surface area contributed by atoms with Gasteiger partial charge >= 0.3 is 0 Å². The highest BCUT2D eigenvalue weighted by Gasteiger charge is 2.29. The van der Waals surface area contributed by atoms with Gasteiger partial charge in [-0.05, 0) is 60.2 Å². The van der Waals surface area contributed by atoms with Crippen molar-refractivity contribution in [2.24, 2.45) is 5.73 Å². The number of aliphatic hydroxyl groups is 1. The maximum atomic E-state index is 9.57. The molecule has 1 unspecified atom stereocenters. The summed E-state index contributed by atoms with van der Waals surface area (Å²) < 4.78 is 11.9. The molecule has 0 fully saturated rings. The van der Waals surface area contributed by atoms with E-state index in [0.717, 1.165) is 41.2 Å². The Bertz CT molecular complexity index is 942. The fraction of sp³-hybridized carbons (Fsp3) is 0.250. The van der Waals surface area contributed by atoms with Gasteiger partial charge in [0.1, 0.15) is 23.9 Å². The van der Waals surface area contributed by atoms with E-state index in [1.54, 1.807) is 0 Å². The van der Waals surface area contributed by atoms with Crippen LogP contribution >= 0.6 is 0 Å². The second-order valence-electron chi connectivity index (χ2n) is 7.48. The van der Waals surface area contributed by atoms with Gasteiger partial charge in [0, 0.05) is 11.6 Å². The lowest BCUT2D eigenvalue weighted by Gasteiger charge is -2.33. The standard InChI is InChI=1S/C24H25NO3/c25-24(17-26)12-11-19-9-10-23(13-20(19)15-24)28-22-8-4-7-21(14-22)27-16-18-5-2-1-3-6-18/h1-10,13-14,26H,11-12,15-17,25H2. The molecule has 0 aliphatic heterocycles. The van der Waals surface area contributed by atoms with Gasteiger partial charge in [0.15, 0.2) is 0 Å². The molecule has 1 aliphatic rings. The highest BCUT2D eigenvalue weighted by molar-refractivity contribution is 5.42. The quantitative estimate of drug-likeness (QED) is 0.676. The Labute approximate surface area is 165 Å². The zero-order chi connectivity index (χ0) is 19.4. The van der Waals surface area contributed by atoms with E-state index in [0.29, 0.717) is 13.0 Å². The Morgan fingerprint density at radius 3 is 2.46 bits per heavy atom. The lowest BCUT2D eigenvalue weighted by atomic mass is 9.79. The summed E-state index contributed by atoms with van der Waals surface area (Å²) in [4.78, 5) is 0. The van der Waals surface area contributed by atoms with Crippen molar-refractivity contribution in [3.05, 3.63) is 89.5 Å². The Balaban J connectivity index is 1.45. The molecule has 0 bridgehead atoms. The molecule has 0 spiro atoms. The molecule has 4 heteroatoms. The summed E-state index contributed by atoms with van der Waals surface area (Å²) in [5, 5.41) is 9.57. The van der Waals surface area contributed by atoms with Gasteiger partial charge in [0.25, 0.3) is 0 Å². The van der Waals surface area contributed by atoms with E-state index >= 15 is 0 Å². The number of rotatable bonds is 6. The van der Waals surface area contributed by atoms with Gasteiger partial charge in [-0.3, -0.25) is 0 Å². The minimum atomic E-state index is -0.531. The van der Waals surface area contributed by atoms with Crippen LogP contribution in [0.25, 0.3) is 0 Å². The van der Waals surface area contributed by atoms with E-state index in [9.17, 15) is 5.11 Å². The predicted octanol–water partition coefficient (Wildman–Crippen LogP) is 4.24. The van der Waals surface area contributed by atoms with Crippen molar-refractivity contribution in [1.29, 1.82) is 0 Å². The number of fused-ring (bicyclic) bond motifs is 1. The number of aliphatic hydroxyl groups excluding tert-OH is 1. The fourth-order valence-electron chi connectivity index (χ4n) is 3.56. The molecule has 0 saturated heterocycles. The third-order valence-corrected chi connectivity index (χ3v) is 5.22. The first-order valence-electron chi connectivity index (χ1n) is 9.60. The Kier molecular flexibility index (Phi) is 5.33. The Hall–Kier alpha value is -2.82. The molecule has 1 aliphatic carbocycles. The second kappa shape index (κ2) is 8.05. The molecule has 4 nitrogen and oxygen atoms in total. The molecule has 0 amide bonds. The van der Waals surface area contributed by atoms with Crippen LogP contribution in [-0.2, 0) is 19.4 Å². The molecule has 28 heavy (non-hydrogen) atoms. The third kappa shape index (κ3) is 4.35. The Morgan fingerprint density at radius 2 is 1.64 bits per heavy atom. The van der Waals surface area contributed by atoms with Crippen LogP contribution in [0.4, 0.5) is 0 Å². The van der Waals surface area contributed by atoms with Crippen molar-refractivity contribution in [1.82, 2.24) is 0 Å². The number of ether oxygens (including phenoxy) is 2. The van der Waals surface area contributed by atoms with Crippen molar-refractivity contribution in [3.63, 3.8) is 0 Å². The van der Waals surface area contributed by atoms with E-state index in [-0.39, 0.29) is 6.61 Å². The van der Waals surface area contributed by atoms with Gasteiger partial charge < -0.3 is 20.3 Å². The van der Waals surface area contributed by atoms with Crippen molar-refractivity contribution < 1.29 is 14.6 Å². The van der Waals surface area contributed by atoms with Gasteiger partial charge in [0.2, 0.25) is 0 Å². The molecular weight excluding hydrogens is 350 g/mol. The van der Waals surface area contributed by atoms with E-state index in [2.05, 4.69) is 6.07 Å². The van der Waals surface area contributed by atoms with Crippen LogP contribution in [0.15, 0.2) is 72.8 Å². The van der Waals surface area contributed by atoms with Crippen LogP contribution in [0.3, 0.4) is 0 Å². The first kappa shape index (κ1) is 18.5. The Morgan fingerprint density at radius 1 is 0.857 bits per heavy atom. The normalized spacial score (nSPS) is 18.4. The average molecular weight is 375 g/mol. The smallest absolute Gasteiger partial charge is 0.131 e. The van der Waals surface area contributed by atoms with Gasteiger partial charge in [-0.25, -0.2) is 0 Å². The van der Waals surface area contributed by atoms with E-state index in [4.69, 9.17) is 15.2 Å². The van der Waals surface area contributed by atoms with Crippen molar-refractivity contribution >= 4 is 0 Å². The topological polar surface area (TPSA) is 64.7 Å². The lowest BCUT2D eigenvalue weighted by molar-refractivity contribution is 0.181. The van der Waals surface area contributed by atoms with Crippen LogP contribution < -0.4 is 15.2 Å². The molecular formula is C24H25NO3. The number of hydrogen-bond acceptors (Lipinski definition) is 4. The summed E-state index contributed by atoms with van der Waals surface area (Å²) in [5.74, 6) is 2.25. The third-order valence-electron chi connectivity index (χ3n) is 5.22. The van der Waals surface area contributed by atoms with Gasteiger partial charge in [-0.2, -0.15) is 0 Å². The average Bonchev–Trinajstić information content (AvgIpc) is 2.73. The summed E-state index contributed by atoms with van der Waals surface area (Å²) >= 11 is 0. The fourth-order valence-corrected chi connectivity index (χ4v) is 3.56. The summed E-state index contributed by atoms with van der Waals surface area (Å²) in [5.41, 5.74) is 9.29. The molecule has 144 valence electrons. The minimum Gasteiger partial charge on any atom is -0.489 e. The maximum absolute atomic E-state index is 9.57. The van der Waals surface area contributed by atoms with E-state index < -0.39 is 5.54 Å².